The average molecular weight is 527 g/mol. The van der Waals surface area contributed by atoms with Crippen LogP contribution in [0.1, 0.15) is 25.0 Å². The number of benzene rings is 2. The molecule has 11 heteroatoms. The number of nitrogens with two attached hydrogens (primary N) is 1. The van der Waals surface area contributed by atoms with Gasteiger partial charge in [0.2, 0.25) is 11.3 Å². The molecule has 1 aliphatic heterocycles. The van der Waals surface area contributed by atoms with Crippen LogP contribution in [0.2, 0.25) is 5.02 Å². The smallest absolute Gasteiger partial charge is 0.260 e. The Morgan fingerprint density at radius 2 is 1.94 bits per heavy atom. The van der Waals surface area contributed by atoms with Gasteiger partial charge < -0.3 is 15.4 Å². The summed E-state index contributed by atoms with van der Waals surface area (Å²) in [5.74, 6) is 0.106. The minimum Gasteiger partial charge on any atom is -0.483 e. The van der Waals surface area contributed by atoms with Gasteiger partial charge >= 0.3 is 0 Å². The first-order valence-electron chi connectivity index (χ1n) is 11.4. The average Bonchev–Trinajstić information content (AvgIpc) is 2.84. The number of rotatable bonds is 11. The number of carbonyl (C=O) groups excluding carboxylic acids is 1. The zero-order valence-electron chi connectivity index (χ0n) is 19.9. The van der Waals surface area contributed by atoms with Crippen LogP contribution in [0.15, 0.2) is 42.5 Å². The molecule has 0 aliphatic carbocycles. The predicted octanol–water partition coefficient (Wildman–Crippen LogP) is 2.62. The summed E-state index contributed by atoms with van der Waals surface area (Å²) in [5.41, 5.74) is 7.03. The van der Waals surface area contributed by atoms with Crippen LogP contribution in [-0.4, -0.2) is 64.8 Å². The Morgan fingerprint density at radius 3 is 2.66 bits per heavy atom. The fraction of sp³-hybridized carbons (Fsp3) is 0.458. The molecule has 0 radical (unpaired) electrons. The Kier molecular flexibility index (Phi) is 10.4. The van der Waals surface area contributed by atoms with E-state index >= 15 is 0 Å². The number of nitrogens with zero attached hydrogens (tertiary/aromatic N) is 2. The molecule has 0 saturated carbocycles. The molecule has 1 amide bonds. The molecule has 35 heavy (non-hydrogen) atoms. The zero-order chi connectivity index (χ0) is 25.4. The van der Waals surface area contributed by atoms with E-state index in [0.29, 0.717) is 36.0 Å². The highest BCUT2D eigenvalue weighted by Crippen LogP contribution is 2.24. The Labute approximate surface area is 213 Å². The Hall–Kier alpha value is -2.08. The first-order valence-corrected chi connectivity index (χ1v) is 12.9. The molecule has 0 spiro atoms. The Bertz CT molecular complexity index is 1010. The van der Waals surface area contributed by atoms with Crippen molar-refractivity contribution in [3.63, 3.8) is 0 Å². The van der Waals surface area contributed by atoms with Crippen LogP contribution < -0.4 is 15.2 Å². The first-order chi connectivity index (χ1) is 16.8. The summed E-state index contributed by atoms with van der Waals surface area (Å²) in [6, 6.07) is 11.7. The number of ether oxygens (including phenoxy) is 1. The molecule has 192 valence electrons. The lowest BCUT2D eigenvalue weighted by Crippen LogP contribution is -2.58. The van der Waals surface area contributed by atoms with Gasteiger partial charge in [-0.25, -0.2) is 13.3 Å². The number of nitrogens with one attached hydrogen (secondary N) is 1. The lowest BCUT2D eigenvalue weighted by molar-refractivity contribution is -0.139. The molecule has 1 heterocycles. The van der Waals surface area contributed by atoms with Crippen molar-refractivity contribution in [1.82, 2.24) is 14.5 Å². The van der Waals surface area contributed by atoms with Crippen LogP contribution in [0.4, 0.5) is 4.39 Å². The highest BCUT2D eigenvalue weighted by molar-refractivity contribution is 7.78. The van der Waals surface area contributed by atoms with Gasteiger partial charge in [-0.1, -0.05) is 23.7 Å². The van der Waals surface area contributed by atoms with Crippen molar-refractivity contribution in [3.05, 3.63) is 64.4 Å². The van der Waals surface area contributed by atoms with Crippen LogP contribution in [-0.2, 0) is 33.3 Å². The number of piperazine rings is 1. The molecular formula is C24H32ClFN4O4S. The third-order valence-electron chi connectivity index (χ3n) is 5.80. The van der Waals surface area contributed by atoms with E-state index in [0.717, 1.165) is 5.56 Å². The van der Waals surface area contributed by atoms with Crippen molar-refractivity contribution in [1.29, 1.82) is 0 Å². The third kappa shape index (κ3) is 8.23. The second kappa shape index (κ2) is 13.3. The molecule has 2 aromatic rings. The maximum absolute atomic E-state index is 13.2. The van der Waals surface area contributed by atoms with Crippen LogP contribution in [0, 0.1) is 5.82 Å². The van der Waals surface area contributed by atoms with Gasteiger partial charge in [0, 0.05) is 55.4 Å². The molecular weight excluding hydrogens is 495 g/mol. The second-order valence-electron chi connectivity index (χ2n) is 8.51. The SMILES string of the molecule is CC1CN(C(=O)COc2ccc(Cl)cc2CNS(=O)OCCN)C(C)CN1Cc1ccc(F)cc1. The van der Waals surface area contributed by atoms with E-state index in [1.165, 1.54) is 12.1 Å². The number of halogens is 2. The second-order valence-corrected chi connectivity index (χ2v) is 9.94. The number of hydrogen-bond donors (Lipinski definition) is 2. The van der Waals surface area contributed by atoms with Crippen molar-refractivity contribution in [2.75, 3.05) is 32.8 Å². The van der Waals surface area contributed by atoms with Gasteiger partial charge in [0.1, 0.15) is 11.6 Å². The summed E-state index contributed by atoms with van der Waals surface area (Å²) in [5, 5.41) is 0.494. The zero-order valence-corrected chi connectivity index (χ0v) is 21.5. The van der Waals surface area contributed by atoms with Crippen molar-refractivity contribution in [2.24, 2.45) is 5.73 Å². The summed E-state index contributed by atoms with van der Waals surface area (Å²) in [4.78, 5) is 17.1. The van der Waals surface area contributed by atoms with Gasteiger partial charge in [-0.3, -0.25) is 13.9 Å². The van der Waals surface area contributed by atoms with Gasteiger partial charge in [0.25, 0.3) is 5.91 Å². The number of hydrogen-bond acceptors (Lipinski definition) is 6. The summed E-state index contributed by atoms with van der Waals surface area (Å²) < 4.78 is 38.6. The van der Waals surface area contributed by atoms with Crippen LogP contribution in [0.3, 0.4) is 0 Å². The fourth-order valence-corrected chi connectivity index (χ4v) is 4.74. The van der Waals surface area contributed by atoms with Crippen molar-refractivity contribution in [3.8, 4) is 5.75 Å². The van der Waals surface area contributed by atoms with Crippen molar-refractivity contribution >= 4 is 28.8 Å². The van der Waals surface area contributed by atoms with Crippen molar-refractivity contribution < 1.29 is 22.3 Å². The van der Waals surface area contributed by atoms with Gasteiger partial charge in [0.05, 0.1) is 6.61 Å². The Balaban J connectivity index is 1.55. The van der Waals surface area contributed by atoms with E-state index in [1.807, 2.05) is 11.8 Å². The van der Waals surface area contributed by atoms with E-state index in [-0.39, 0.29) is 50.1 Å². The fourth-order valence-electron chi connectivity index (χ4n) is 3.94. The van der Waals surface area contributed by atoms with Crippen LogP contribution in [0.5, 0.6) is 5.75 Å². The lowest BCUT2D eigenvalue weighted by Gasteiger charge is -2.44. The van der Waals surface area contributed by atoms with Crippen LogP contribution >= 0.6 is 11.6 Å². The lowest BCUT2D eigenvalue weighted by atomic mass is 10.1. The predicted molar refractivity (Wildman–Crippen MR) is 134 cm³/mol. The normalized spacial score (nSPS) is 19.5. The Morgan fingerprint density at radius 1 is 1.20 bits per heavy atom. The van der Waals surface area contributed by atoms with Gasteiger partial charge in [-0.2, -0.15) is 0 Å². The highest BCUT2D eigenvalue weighted by Gasteiger charge is 2.32. The summed E-state index contributed by atoms with van der Waals surface area (Å²) >= 11 is 4.40. The molecule has 1 saturated heterocycles. The van der Waals surface area contributed by atoms with E-state index in [9.17, 15) is 13.4 Å². The largest absolute Gasteiger partial charge is 0.483 e. The molecule has 0 aromatic heterocycles. The summed E-state index contributed by atoms with van der Waals surface area (Å²) in [6.45, 7) is 6.53. The van der Waals surface area contributed by atoms with Gasteiger partial charge in [0.15, 0.2) is 6.61 Å². The molecule has 3 rings (SSSR count). The summed E-state index contributed by atoms with van der Waals surface area (Å²) in [7, 11) is 0. The number of amides is 1. The number of carbonyl (C=O) groups is 1. The minimum atomic E-state index is -1.71. The monoisotopic (exact) mass is 526 g/mol. The minimum absolute atomic E-state index is 0.00350. The molecule has 2 aromatic carbocycles. The quantitative estimate of drug-likeness (QED) is 0.467. The molecule has 1 fully saturated rings. The van der Waals surface area contributed by atoms with Crippen LogP contribution in [0.25, 0.3) is 0 Å². The summed E-state index contributed by atoms with van der Waals surface area (Å²) in [6.07, 6.45) is 0. The maximum Gasteiger partial charge on any atom is 0.260 e. The van der Waals surface area contributed by atoms with E-state index < -0.39 is 11.3 Å². The molecule has 1 aliphatic rings. The van der Waals surface area contributed by atoms with Gasteiger partial charge in [-0.05, 0) is 49.7 Å². The van der Waals surface area contributed by atoms with E-state index in [1.54, 1.807) is 30.3 Å². The molecule has 0 bridgehead atoms. The molecule has 3 atom stereocenters. The van der Waals surface area contributed by atoms with E-state index in [4.69, 9.17) is 26.3 Å². The third-order valence-corrected chi connectivity index (χ3v) is 6.79. The highest BCUT2D eigenvalue weighted by atomic mass is 35.5. The topological polar surface area (TPSA) is 97.1 Å². The maximum atomic E-state index is 13.2. The molecule has 8 nitrogen and oxygen atoms in total. The molecule has 3 unspecified atom stereocenters. The van der Waals surface area contributed by atoms with E-state index in [2.05, 4.69) is 16.5 Å². The van der Waals surface area contributed by atoms with Crippen molar-refractivity contribution in [2.45, 2.75) is 39.0 Å². The van der Waals surface area contributed by atoms with Gasteiger partial charge in [-0.15, -0.1) is 0 Å². The molecule has 3 N–H and O–H groups in total. The first kappa shape index (κ1) is 27.5. The standard InChI is InChI=1S/C24H32ClFN4O4S/c1-17-14-30(18(2)13-29(17)15-19-3-6-22(26)7-4-19)24(31)16-33-23-8-5-21(25)11-20(23)12-28-35(32)34-10-9-27/h3-8,11,17-18,28H,9-10,12-16,27H2,1-2H3.